The van der Waals surface area contributed by atoms with Crippen molar-refractivity contribution < 1.29 is 0 Å². The van der Waals surface area contributed by atoms with Crippen molar-refractivity contribution in [3.63, 3.8) is 0 Å². The van der Waals surface area contributed by atoms with Gasteiger partial charge in [0.2, 0.25) is 0 Å². The first-order valence-electron chi connectivity index (χ1n) is 7.21. The molecule has 0 radical (unpaired) electrons. The Kier molecular flexibility index (Phi) is 4.25. The Balaban J connectivity index is 2.63. The van der Waals surface area contributed by atoms with E-state index in [0.717, 1.165) is 15.9 Å². The van der Waals surface area contributed by atoms with Crippen LogP contribution in [-0.4, -0.2) is 9.97 Å². The van der Waals surface area contributed by atoms with Crippen molar-refractivity contribution in [3.05, 3.63) is 46.3 Å². The van der Waals surface area contributed by atoms with Gasteiger partial charge in [-0.1, -0.05) is 47.6 Å². The van der Waals surface area contributed by atoms with Gasteiger partial charge in [-0.25, -0.2) is 4.98 Å². The number of rotatable bonds is 1. The van der Waals surface area contributed by atoms with Crippen LogP contribution in [0.4, 0.5) is 0 Å². The molecule has 2 nitrogen and oxygen atoms in total. The average molecular weight is 347 g/mol. The summed E-state index contributed by atoms with van der Waals surface area (Å²) in [5, 5.41) is 0. The zero-order valence-corrected chi connectivity index (χ0v) is 15.2. The van der Waals surface area contributed by atoms with Gasteiger partial charge in [-0.15, -0.1) is 0 Å². The smallest absolute Gasteiger partial charge is 0.124 e. The fourth-order valence-corrected chi connectivity index (χ4v) is 2.31. The van der Waals surface area contributed by atoms with Crippen LogP contribution in [0.2, 0.25) is 0 Å². The summed E-state index contributed by atoms with van der Waals surface area (Å²) in [7, 11) is 0. The first-order valence-corrected chi connectivity index (χ1v) is 8.00. The van der Waals surface area contributed by atoms with Gasteiger partial charge in [0.05, 0.1) is 18.1 Å². The first-order chi connectivity index (χ1) is 9.57. The van der Waals surface area contributed by atoms with Crippen molar-refractivity contribution in [2.24, 2.45) is 0 Å². The van der Waals surface area contributed by atoms with Gasteiger partial charge in [-0.05, 0) is 50.0 Å². The lowest BCUT2D eigenvalue weighted by atomic mass is 9.79. The Morgan fingerprint density at radius 1 is 0.762 bits per heavy atom. The molecule has 1 aromatic heterocycles. The summed E-state index contributed by atoms with van der Waals surface area (Å²) >= 11 is 3.34. The Hall–Kier alpha value is -1.22. The van der Waals surface area contributed by atoms with Crippen LogP contribution in [0.15, 0.2) is 35.2 Å². The van der Waals surface area contributed by atoms with E-state index in [2.05, 4.69) is 85.6 Å². The molecule has 0 saturated carbocycles. The fraction of sp³-hybridized carbons (Fsp3) is 0.444. The molecular formula is C18H23BrN2. The van der Waals surface area contributed by atoms with Gasteiger partial charge in [0, 0.05) is 5.56 Å². The zero-order chi connectivity index (χ0) is 15.8. The van der Waals surface area contributed by atoms with Crippen LogP contribution in [0.25, 0.3) is 11.3 Å². The Morgan fingerprint density at radius 3 is 1.67 bits per heavy atom. The Bertz CT molecular complexity index is 599. The molecule has 0 aliphatic rings. The molecule has 0 unspecified atom stereocenters. The molecule has 1 aromatic carbocycles. The minimum absolute atomic E-state index is 0.110. The molecule has 3 heteroatoms. The number of nitrogens with zero attached hydrogens (tertiary/aromatic N) is 2. The molecule has 0 atom stereocenters. The van der Waals surface area contributed by atoms with Gasteiger partial charge in [0.15, 0.2) is 0 Å². The summed E-state index contributed by atoms with van der Waals surface area (Å²) in [4.78, 5) is 8.78. The van der Waals surface area contributed by atoms with E-state index in [-0.39, 0.29) is 10.8 Å². The van der Waals surface area contributed by atoms with Crippen molar-refractivity contribution in [2.45, 2.75) is 52.4 Å². The van der Waals surface area contributed by atoms with Gasteiger partial charge in [0.25, 0.3) is 0 Å². The van der Waals surface area contributed by atoms with Crippen molar-refractivity contribution in [3.8, 4) is 11.3 Å². The summed E-state index contributed by atoms with van der Waals surface area (Å²) in [6, 6.07) is 6.77. The molecule has 112 valence electrons. The second-order valence-electron chi connectivity index (χ2n) is 7.52. The Morgan fingerprint density at radius 2 is 1.29 bits per heavy atom. The molecule has 0 N–H and O–H groups in total. The number of hydrogen-bond donors (Lipinski definition) is 0. The lowest BCUT2D eigenvalue weighted by Crippen LogP contribution is -2.16. The normalized spacial score (nSPS) is 12.5. The minimum Gasteiger partial charge on any atom is -0.252 e. The lowest BCUT2D eigenvalue weighted by molar-refractivity contribution is 0.569. The Labute approximate surface area is 136 Å². The summed E-state index contributed by atoms with van der Waals surface area (Å²) in [5.74, 6) is 0. The van der Waals surface area contributed by atoms with E-state index in [1.165, 1.54) is 11.1 Å². The molecule has 0 spiro atoms. The van der Waals surface area contributed by atoms with E-state index in [9.17, 15) is 0 Å². The highest BCUT2D eigenvalue weighted by molar-refractivity contribution is 9.10. The molecule has 0 saturated heterocycles. The maximum absolute atomic E-state index is 4.49. The maximum Gasteiger partial charge on any atom is 0.124 e. The third kappa shape index (κ3) is 3.91. The average Bonchev–Trinajstić information content (AvgIpc) is 2.37. The molecule has 21 heavy (non-hydrogen) atoms. The minimum atomic E-state index is 0.110. The highest BCUT2D eigenvalue weighted by Crippen LogP contribution is 2.33. The van der Waals surface area contributed by atoms with Gasteiger partial charge in [-0.2, -0.15) is 0 Å². The molecular weight excluding hydrogens is 324 g/mol. The van der Waals surface area contributed by atoms with E-state index in [1.807, 2.05) is 6.20 Å². The summed E-state index contributed by atoms with van der Waals surface area (Å²) in [6.07, 6.45) is 3.56. The van der Waals surface area contributed by atoms with E-state index in [0.29, 0.717) is 0 Å². The molecule has 2 rings (SSSR count). The van der Waals surface area contributed by atoms with Crippen LogP contribution in [0.3, 0.4) is 0 Å². The predicted octanol–water partition coefficient (Wildman–Crippen LogP) is 5.50. The van der Waals surface area contributed by atoms with Crippen LogP contribution in [0.1, 0.15) is 52.7 Å². The summed E-state index contributed by atoms with van der Waals surface area (Å²) in [5.41, 5.74) is 4.92. The monoisotopic (exact) mass is 346 g/mol. The van der Waals surface area contributed by atoms with Gasteiger partial charge < -0.3 is 0 Å². The van der Waals surface area contributed by atoms with Crippen LogP contribution < -0.4 is 0 Å². The molecule has 0 aliphatic heterocycles. The van der Waals surface area contributed by atoms with Crippen molar-refractivity contribution >= 4 is 15.9 Å². The highest BCUT2D eigenvalue weighted by atomic mass is 79.9. The number of benzene rings is 1. The molecule has 0 fully saturated rings. The number of hydrogen-bond acceptors (Lipinski definition) is 2. The molecule has 2 aromatic rings. The van der Waals surface area contributed by atoms with Gasteiger partial charge >= 0.3 is 0 Å². The van der Waals surface area contributed by atoms with E-state index in [1.54, 1.807) is 6.20 Å². The fourth-order valence-electron chi connectivity index (χ4n) is 2.10. The van der Waals surface area contributed by atoms with Gasteiger partial charge in [-0.3, -0.25) is 4.98 Å². The second-order valence-corrected chi connectivity index (χ2v) is 8.34. The molecule has 0 amide bonds. The van der Waals surface area contributed by atoms with E-state index in [4.69, 9.17) is 0 Å². The predicted molar refractivity (Wildman–Crippen MR) is 92.6 cm³/mol. The third-order valence-electron chi connectivity index (χ3n) is 3.58. The van der Waals surface area contributed by atoms with Crippen LogP contribution in [0.5, 0.6) is 0 Å². The molecule has 1 heterocycles. The van der Waals surface area contributed by atoms with Crippen LogP contribution in [-0.2, 0) is 10.8 Å². The topological polar surface area (TPSA) is 25.8 Å². The highest BCUT2D eigenvalue weighted by Gasteiger charge is 2.21. The van der Waals surface area contributed by atoms with Crippen LogP contribution >= 0.6 is 15.9 Å². The maximum atomic E-state index is 4.49. The summed E-state index contributed by atoms with van der Waals surface area (Å²) < 4.78 is 0.759. The SMILES string of the molecule is CC(C)(C)c1cc(-c2cnc(Br)cn2)cc(C(C)(C)C)c1. The quantitative estimate of drug-likeness (QED) is 0.681. The zero-order valence-electron chi connectivity index (χ0n) is 13.7. The standard InChI is InChI=1S/C18H23BrN2/c1-17(2,3)13-7-12(8-14(9-13)18(4,5)6)15-10-21-16(19)11-20-15/h7-11H,1-6H3. The summed E-state index contributed by atoms with van der Waals surface area (Å²) in [6.45, 7) is 13.5. The molecule has 0 bridgehead atoms. The lowest BCUT2D eigenvalue weighted by Gasteiger charge is -2.26. The van der Waals surface area contributed by atoms with Crippen molar-refractivity contribution in [1.82, 2.24) is 9.97 Å². The van der Waals surface area contributed by atoms with E-state index < -0.39 is 0 Å². The van der Waals surface area contributed by atoms with Gasteiger partial charge in [0.1, 0.15) is 4.60 Å². The first kappa shape index (κ1) is 16.2. The largest absolute Gasteiger partial charge is 0.252 e. The second kappa shape index (κ2) is 5.53. The number of aromatic nitrogens is 2. The number of halogens is 1. The van der Waals surface area contributed by atoms with Crippen molar-refractivity contribution in [2.75, 3.05) is 0 Å². The van der Waals surface area contributed by atoms with Crippen LogP contribution in [0, 0.1) is 0 Å². The van der Waals surface area contributed by atoms with E-state index >= 15 is 0 Å². The molecule has 0 aliphatic carbocycles. The third-order valence-corrected chi connectivity index (χ3v) is 3.99. The van der Waals surface area contributed by atoms with Crippen molar-refractivity contribution in [1.29, 1.82) is 0 Å².